The number of hydrogen-bond donors (Lipinski definition) is 0. The summed E-state index contributed by atoms with van der Waals surface area (Å²) in [6.07, 6.45) is 1.84. The van der Waals surface area contributed by atoms with E-state index in [0.717, 1.165) is 22.4 Å². The van der Waals surface area contributed by atoms with Crippen molar-refractivity contribution in [1.29, 1.82) is 0 Å². The summed E-state index contributed by atoms with van der Waals surface area (Å²) in [5.74, 6) is 1.90. The summed E-state index contributed by atoms with van der Waals surface area (Å²) in [6, 6.07) is 24.6. The van der Waals surface area contributed by atoms with Gasteiger partial charge in [0.2, 0.25) is 5.90 Å². The molecule has 0 fully saturated rings. The van der Waals surface area contributed by atoms with Crippen molar-refractivity contribution in [3.05, 3.63) is 107 Å². The Balaban J connectivity index is 1.62. The number of nitrogens with zero attached hydrogens (tertiary/aromatic N) is 1. The first-order valence-corrected chi connectivity index (χ1v) is 10.1. The highest BCUT2D eigenvalue weighted by Gasteiger charge is 2.30. The van der Waals surface area contributed by atoms with Gasteiger partial charge in [0.05, 0.1) is 6.61 Å². The van der Waals surface area contributed by atoms with E-state index in [0.29, 0.717) is 29.6 Å². The van der Waals surface area contributed by atoms with Crippen molar-refractivity contribution < 1.29 is 19.0 Å². The minimum absolute atomic E-state index is 0.262. The van der Waals surface area contributed by atoms with E-state index in [1.54, 1.807) is 0 Å². The molecular weight excluding hydrogens is 390 g/mol. The summed E-state index contributed by atoms with van der Waals surface area (Å²) >= 11 is 0. The molecule has 2 heterocycles. The number of cyclic esters (lactones) is 1. The predicted molar refractivity (Wildman–Crippen MR) is 119 cm³/mol. The van der Waals surface area contributed by atoms with Crippen LogP contribution in [0.1, 0.15) is 23.6 Å². The standard InChI is InChI=1S/C26H19NO4/c1-2-29-19-14-12-17(13-15-19)23-16-21(20-10-6-7-11-22(20)30-23)24-26(28)31-25(27-24)18-8-4-3-5-9-18/h3-16H,2H2,1H3. The van der Waals surface area contributed by atoms with Crippen LogP contribution in [0.5, 0.6) is 11.5 Å². The van der Waals surface area contributed by atoms with Gasteiger partial charge in [-0.25, -0.2) is 9.79 Å². The molecule has 5 nitrogen and oxygen atoms in total. The topological polar surface area (TPSA) is 57.1 Å². The van der Waals surface area contributed by atoms with Crippen LogP contribution < -0.4 is 9.47 Å². The molecule has 5 rings (SSSR count). The number of para-hydroxylation sites is 1. The van der Waals surface area contributed by atoms with Gasteiger partial charge in [-0.15, -0.1) is 0 Å². The van der Waals surface area contributed by atoms with Crippen LogP contribution in [0.3, 0.4) is 0 Å². The van der Waals surface area contributed by atoms with E-state index in [2.05, 4.69) is 4.99 Å². The Morgan fingerprint density at radius 3 is 2.35 bits per heavy atom. The highest BCUT2D eigenvalue weighted by molar-refractivity contribution is 6.15. The molecule has 0 bridgehead atoms. The van der Waals surface area contributed by atoms with Crippen LogP contribution in [0, 0.1) is 0 Å². The van der Waals surface area contributed by atoms with Crippen molar-refractivity contribution >= 4 is 23.2 Å². The molecule has 0 aliphatic carbocycles. The summed E-state index contributed by atoms with van der Waals surface area (Å²) in [5.41, 5.74) is 3.35. The highest BCUT2D eigenvalue weighted by Crippen LogP contribution is 2.40. The van der Waals surface area contributed by atoms with Gasteiger partial charge < -0.3 is 14.2 Å². The van der Waals surface area contributed by atoms with Gasteiger partial charge in [0, 0.05) is 22.3 Å². The van der Waals surface area contributed by atoms with Gasteiger partial charge in [-0.1, -0.05) is 36.4 Å². The first kappa shape index (κ1) is 18.9. The zero-order valence-electron chi connectivity index (χ0n) is 16.9. The average molecular weight is 409 g/mol. The number of aliphatic imine (C=N–C) groups is 1. The molecule has 0 saturated heterocycles. The Kier molecular flexibility index (Phi) is 4.84. The number of benzene rings is 3. The third-order valence-electron chi connectivity index (χ3n) is 4.99. The van der Waals surface area contributed by atoms with Gasteiger partial charge >= 0.3 is 5.97 Å². The second-order valence-corrected chi connectivity index (χ2v) is 7.00. The quantitative estimate of drug-likeness (QED) is 0.437. The summed E-state index contributed by atoms with van der Waals surface area (Å²) < 4.78 is 17.1. The fraction of sp³-hybridized carbons (Fsp3) is 0.0769. The number of allylic oxidation sites excluding steroid dienone is 2. The molecule has 0 amide bonds. The molecule has 0 spiro atoms. The van der Waals surface area contributed by atoms with Crippen molar-refractivity contribution in [3.8, 4) is 11.5 Å². The number of esters is 1. The number of carbonyl (C=O) groups excluding carboxylic acids is 1. The Labute approximate surface area is 179 Å². The molecule has 0 unspecified atom stereocenters. The molecular formula is C26H19NO4. The van der Waals surface area contributed by atoms with Gasteiger partial charge in [0.1, 0.15) is 17.3 Å². The van der Waals surface area contributed by atoms with E-state index in [1.165, 1.54) is 0 Å². The minimum atomic E-state index is -0.479. The predicted octanol–water partition coefficient (Wildman–Crippen LogP) is 5.23. The first-order valence-electron chi connectivity index (χ1n) is 10.1. The maximum atomic E-state index is 12.7. The van der Waals surface area contributed by atoms with Crippen molar-refractivity contribution in [2.75, 3.05) is 6.61 Å². The third-order valence-corrected chi connectivity index (χ3v) is 4.99. The average Bonchev–Trinajstić information content (AvgIpc) is 3.21. The summed E-state index contributed by atoms with van der Waals surface area (Å²) in [4.78, 5) is 17.3. The molecule has 31 heavy (non-hydrogen) atoms. The number of ether oxygens (including phenoxy) is 3. The van der Waals surface area contributed by atoms with Gasteiger partial charge in [-0.2, -0.15) is 0 Å². The molecule has 0 aromatic heterocycles. The number of rotatable bonds is 4. The lowest BCUT2D eigenvalue weighted by Gasteiger charge is -2.20. The smallest absolute Gasteiger partial charge is 0.364 e. The first-order chi connectivity index (χ1) is 15.2. The van der Waals surface area contributed by atoms with Crippen LogP contribution in [0.25, 0.3) is 11.3 Å². The highest BCUT2D eigenvalue weighted by atomic mass is 16.6. The largest absolute Gasteiger partial charge is 0.494 e. The molecule has 0 atom stereocenters. The monoisotopic (exact) mass is 409 g/mol. The van der Waals surface area contributed by atoms with Crippen molar-refractivity contribution in [2.45, 2.75) is 6.92 Å². The Morgan fingerprint density at radius 2 is 1.58 bits per heavy atom. The lowest BCUT2D eigenvalue weighted by atomic mass is 9.97. The maximum Gasteiger partial charge on any atom is 0.364 e. The van der Waals surface area contributed by atoms with Crippen LogP contribution in [0.2, 0.25) is 0 Å². The van der Waals surface area contributed by atoms with Crippen LogP contribution in [0.4, 0.5) is 0 Å². The lowest BCUT2D eigenvalue weighted by Crippen LogP contribution is -2.08. The van der Waals surface area contributed by atoms with Crippen molar-refractivity contribution in [1.82, 2.24) is 0 Å². The van der Waals surface area contributed by atoms with Crippen molar-refractivity contribution in [2.24, 2.45) is 4.99 Å². The second-order valence-electron chi connectivity index (χ2n) is 7.00. The van der Waals surface area contributed by atoms with Crippen LogP contribution in [-0.2, 0) is 9.53 Å². The molecule has 5 heteroatoms. The fourth-order valence-corrected chi connectivity index (χ4v) is 3.54. The van der Waals surface area contributed by atoms with E-state index >= 15 is 0 Å². The Morgan fingerprint density at radius 1 is 0.839 bits per heavy atom. The van der Waals surface area contributed by atoms with Crippen molar-refractivity contribution in [3.63, 3.8) is 0 Å². The Hall–Kier alpha value is -4.12. The molecule has 3 aromatic rings. The van der Waals surface area contributed by atoms with Crippen LogP contribution in [-0.4, -0.2) is 18.5 Å². The Bertz CT molecular complexity index is 1240. The zero-order chi connectivity index (χ0) is 21.2. The normalized spacial score (nSPS) is 17.3. The number of hydrogen-bond acceptors (Lipinski definition) is 5. The molecule has 0 N–H and O–H groups in total. The van der Waals surface area contributed by atoms with Gasteiger partial charge in [-0.05, 0) is 55.5 Å². The number of fused-ring (bicyclic) bond motifs is 1. The zero-order valence-corrected chi connectivity index (χ0v) is 16.9. The van der Waals surface area contributed by atoms with Gasteiger partial charge in [-0.3, -0.25) is 0 Å². The van der Waals surface area contributed by atoms with Crippen LogP contribution in [0.15, 0.2) is 95.6 Å². The third kappa shape index (κ3) is 3.62. The molecule has 152 valence electrons. The van der Waals surface area contributed by atoms with Gasteiger partial charge in [0.15, 0.2) is 5.70 Å². The SMILES string of the molecule is CCOc1ccc(C2=CC(=C3N=C(c4ccccc4)OC3=O)c3ccccc3O2)cc1. The summed E-state index contributed by atoms with van der Waals surface area (Å²) in [7, 11) is 0. The number of carbonyl (C=O) groups is 1. The molecule has 2 aliphatic rings. The molecule has 2 aliphatic heterocycles. The van der Waals surface area contributed by atoms with Gasteiger partial charge in [0.25, 0.3) is 0 Å². The summed E-state index contributed by atoms with van der Waals surface area (Å²) in [6.45, 7) is 2.55. The van der Waals surface area contributed by atoms with E-state index in [-0.39, 0.29) is 5.70 Å². The second kappa shape index (κ2) is 7.95. The van der Waals surface area contributed by atoms with E-state index in [9.17, 15) is 4.79 Å². The minimum Gasteiger partial charge on any atom is -0.494 e. The summed E-state index contributed by atoms with van der Waals surface area (Å²) in [5, 5.41) is 0. The lowest BCUT2D eigenvalue weighted by molar-refractivity contribution is -0.129. The van der Waals surface area contributed by atoms with E-state index in [4.69, 9.17) is 14.2 Å². The molecule has 0 saturated carbocycles. The maximum absolute atomic E-state index is 12.7. The fourth-order valence-electron chi connectivity index (χ4n) is 3.54. The van der Waals surface area contributed by atoms with E-state index < -0.39 is 5.97 Å². The molecule has 3 aromatic carbocycles. The molecule has 0 radical (unpaired) electrons. The van der Waals surface area contributed by atoms with E-state index in [1.807, 2.05) is 91.9 Å². The van der Waals surface area contributed by atoms with Crippen LogP contribution >= 0.6 is 0 Å².